The van der Waals surface area contributed by atoms with Gasteiger partial charge in [0.25, 0.3) is 0 Å². The smallest absolute Gasteiger partial charge is 0.169 e. The lowest BCUT2D eigenvalue weighted by Gasteiger charge is -2.32. The van der Waals surface area contributed by atoms with Crippen molar-refractivity contribution >= 4 is 15.9 Å². The molecule has 1 aromatic rings. The summed E-state index contributed by atoms with van der Waals surface area (Å²) in [5, 5.41) is 3.49. The lowest BCUT2D eigenvalue weighted by molar-refractivity contribution is 0.207. The highest BCUT2D eigenvalue weighted by molar-refractivity contribution is 9.10. The van der Waals surface area contributed by atoms with Gasteiger partial charge >= 0.3 is 0 Å². The normalized spacial score (nSPS) is 14.2. The molecule has 0 aliphatic carbocycles. The molecule has 1 unspecified atom stereocenters. The molecule has 2 nitrogen and oxygen atoms in total. The average molecular weight is 274 g/mol. The molecule has 0 aliphatic rings. The Kier molecular flexibility index (Phi) is 4.41. The minimum Gasteiger partial charge on any atom is -0.453 e. The molecular weight excluding hydrogens is 254 g/mol. The van der Waals surface area contributed by atoms with Crippen LogP contribution >= 0.6 is 15.9 Å². The van der Waals surface area contributed by atoms with E-state index < -0.39 is 0 Å². The van der Waals surface area contributed by atoms with E-state index in [0.29, 0.717) is 0 Å². The Hall–Kier alpha value is -0.280. The summed E-state index contributed by atoms with van der Waals surface area (Å²) in [6.45, 7) is 9.80. The van der Waals surface area contributed by atoms with Crippen LogP contribution in [0.3, 0.4) is 0 Å². The fraction of sp³-hybridized carbons (Fsp3) is 0.667. The second-order valence-electron chi connectivity index (χ2n) is 4.47. The third kappa shape index (κ3) is 3.08. The molecule has 3 heteroatoms. The zero-order valence-corrected chi connectivity index (χ0v) is 11.5. The highest BCUT2D eigenvalue weighted by atomic mass is 79.9. The van der Waals surface area contributed by atoms with Gasteiger partial charge in [0, 0.05) is 0 Å². The van der Waals surface area contributed by atoms with E-state index in [1.165, 1.54) is 0 Å². The Labute approximate surface area is 101 Å². The van der Waals surface area contributed by atoms with Gasteiger partial charge in [-0.25, -0.2) is 0 Å². The Morgan fingerprint density at radius 1 is 1.40 bits per heavy atom. The molecule has 1 aromatic heterocycles. The zero-order valence-electron chi connectivity index (χ0n) is 9.93. The standard InChI is InChI=1S/C12H20BrNO/c1-5-12(3,4)11(14-6-2)9-7-8-10(13)15-9/h7-8,11,14H,5-6H2,1-4H3. The third-order valence-electron chi connectivity index (χ3n) is 2.98. The van der Waals surface area contributed by atoms with Crippen molar-refractivity contribution in [1.29, 1.82) is 0 Å². The summed E-state index contributed by atoms with van der Waals surface area (Å²) in [7, 11) is 0. The summed E-state index contributed by atoms with van der Waals surface area (Å²) >= 11 is 3.35. The van der Waals surface area contributed by atoms with E-state index in [1.807, 2.05) is 12.1 Å². The van der Waals surface area contributed by atoms with Crippen molar-refractivity contribution < 1.29 is 4.42 Å². The number of halogens is 1. The Balaban J connectivity index is 2.92. The SMILES string of the molecule is CCNC(c1ccc(Br)o1)C(C)(C)CC. The van der Waals surface area contributed by atoms with Crippen LogP contribution in [0.2, 0.25) is 0 Å². The molecule has 0 bridgehead atoms. The van der Waals surface area contributed by atoms with E-state index in [0.717, 1.165) is 23.4 Å². The van der Waals surface area contributed by atoms with Crippen molar-refractivity contribution in [2.24, 2.45) is 5.41 Å². The molecule has 1 atom stereocenters. The van der Waals surface area contributed by atoms with Crippen LogP contribution in [0.5, 0.6) is 0 Å². The van der Waals surface area contributed by atoms with E-state index in [1.54, 1.807) is 0 Å². The average Bonchev–Trinajstić information content (AvgIpc) is 2.60. The monoisotopic (exact) mass is 273 g/mol. The molecule has 1 heterocycles. The molecule has 0 aromatic carbocycles. The summed E-state index contributed by atoms with van der Waals surface area (Å²) in [4.78, 5) is 0. The lowest BCUT2D eigenvalue weighted by atomic mass is 9.80. The molecule has 0 saturated heterocycles. The van der Waals surface area contributed by atoms with Crippen LogP contribution in [0.15, 0.2) is 21.2 Å². The van der Waals surface area contributed by atoms with Crippen LogP contribution in [0, 0.1) is 5.41 Å². The van der Waals surface area contributed by atoms with Crippen LogP contribution in [0.4, 0.5) is 0 Å². The first kappa shape index (κ1) is 12.8. The minimum atomic E-state index is 0.202. The Bertz CT molecular complexity index is 306. The largest absolute Gasteiger partial charge is 0.453 e. The van der Waals surface area contributed by atoms with E-state index in [4.69, 9.17) is 4.42 Å². The van der Waals surface area contributed by atoms with Crippen LogP contribution in [-0.4, -0.2) is 6.54 Å². The second-order valence-corrected chi connectivity index (χ2v) is 5.26. The van der Waals surface area contributed by atoms with Gasteiger partial charge in [-0.05, 0) is 46.4 Å². The van der Waals surface area contributed by atoms with Crippen molar-refractivity contribution in [2.75, 3.05) is 6.54 Å². The Morgan fingerprint density at radius 2 is 2.07 bits per heavy atom. The summed E-state index contributed by atoms with van der Waals surface area (Å²) in [5.41, 5.74) is 0.202. The molecule has 0 radical (unpaired) electrons. The van der Waals surface area contributed by atoms with Gasteiger partial charge in [-0.2, -0.15) is 0 Å². The molecule has 0 saturated carbocycles. The van der Waals surface area contributed by atoms with Gasteiger partial charge in [0.05, 0.1) is 6.04 Å². The maximum Gasteiger partial charge on any atom is 0.169 e. The van der Waals surface area contributed by atoms with Crippen molar-refractivity contribution in [3.8, 4) is 0 Å². The lowest BCUT2D eigenvalue weighted by Crippen LogP contribution is -2.33. The summed E-state index contributed by atoms with van der Waals surface area (Å²) < 4.78 is 6.44. The highest BCUT2D eigenvalue weighted by Gasteiger charge is 2.30. The van der Waals surface area contributed by atoms with Crippen LogP contribution in [0.1, 0.15) is 45.9 Å². The van der Waals surface area contributed by atoms with E-state index in [-0.39, 0.29) is 11.5 Å². The predicted molar refractivity (Wildman–Crippen MR) is 66.9 cm³/mol. The van der Waals surface area contributed by atoms with Crippen LogP contribution in [-0.2, 0) is 0 Å². The van der Waals surface area contributed by atoms with Crippen molar-refractivity contribution in [1.82, 2.24) is 5.32 Å². The first-order valence-electron chi connectivity index (χ1n) is 5.50. The summed E-state index contributed by atoms with van der Waals surface area (Å²) in [5.74, 6) is 1.01. The van der Waals surface area contributed by atoms with Crippen molar-refractivity contribution in [2.45, 2.75) is 40.2 Å². The molecule has 15 heavy (non-hydrogen) atoms. The Morgan fingerprint density at radius 3 is 2.47 bits per heavy atom. The summed E-state index contributed by atoms with van der Waals surface area (Å²) in [6.07, 6.45) is 1.11. The quantitative estimate of drug-likeness (QED) is 0.873. The molecule has 0 aliphatic heterocycles. The highest BCUT2D eigenvalue weighted by Crippen LogP contribution is 2.37. The minimum absolute atomic E-state index is 0.202. The van der Waals surface area contributed by atoms with Gasteiger partial charge < -0.3 is 9.73 Å². The number of hydrogen-bond acceptors (Lipinski definition) is 2. The van der Waals surface area contributed by atoms with Gasteiger partial charge in [-0.3, -0.25) is 0 Å². The first-order valence-corrected chi connectivity index (χ1v) is 6.29. The van der Waals surface area contributed by atoms with Gasteiger partial charge in [0.15, 0.2) is 4.67 Å². The number of hydrogen-bond donors (Lipinski definition) is 1. The fourth-order valence-corrected chi connectivity index (χ4v) is 1.97. The van der Waals surface area contributed by atoms with Gasteiger partial charge in [-0.15, -0.1) is 0 Å². The second kappa shape index (κ2) is 5.17. The van der Waals surface area contributed by atoms with Gasteiger partial charge in [-0.1, -0.05) is 27.7 Å². The molecular formula is C12H20BrNO. The third-order valence-corrected chi connectivity index (χ3v) is 3.41. The number of rotatable bonds is 5. The van der Waals surface area contributed by atoms with Gasteiger partial charge in [0.2, 0.25) is 0 Å². The fourth-order valence-electron chi connectivity index (χ4n) is 1.65. The first-order chi connectivity index (χ1) is 7.01. The molecule has 0 fully saturated rings. The zero-order chi connectivity index (χ0) is 11.5. The van der Waals surface area contributed by atoms with Gasteiger partial charge in [0.1, 0.15) is 5.76 Å². The molecule has 1 N–H and O–H groups in total. The maximum atomic E-state index is 5.64. The topological polar surface area (TPSA) is 25.2 Å². The predicted octanol–water partition coefficient (Wildman–Crippen LogP) is 4.13. The molecule has 1 rings (SSSR count). The van der Waals surface area contributed by atoms with Crippen molar-refractivity contribution in [3.63, 3.8) is 0 Å². The van der Waals surface area contributed by atoms with E-state index >= 15 is 0 Å². The number of furan rings is 1. The van der Waals surface area contributed by atoms with Crippen LogP contribution in [0.25, 0.3) is 0 Å². The molecule has 0 spiro atoms. The molecule has 86 valence electrons. The maximum absolute atomic E-state index is 5.64. The van der Waals surface area contributed by atoms with Crippen LogP contribution < -0.4 is 5.32 Å². The number of nitrogens with one attached hydrogen (secondary N) is 1. The van der Waals surface area contributed by atoms with E-state index in [9.17, 15) is 0 Å². The van der Waals surface area contributed by atoms with E-state index in [2.05, 4.69) is 48.9 Å². The summed E-state index contributed by atoms with van der Waals surface area (Å²) in [6, 6.07) is 4.26. The van der Waals surface area contributed by atoms with Crippen molar-refractivity contribution in [3.05, 3.63) is 22.6 Å². The molecule has 0 amide bonds.